The molecule has 2 heterocycles. The predicted octanol–water partition coefficient (Wildman–Crippen LogP) is 6.21. The second-order valence-electron chi connectivity index (χ2n) is 11.0. The minimum Gasteiger partial charge on any atom is -0.474 e. The first kappa shape index (κ1) is 28.4. The molecule has 216 valence electrons. The number of carbonyl (C=O) groups excluding carboxylic acids is 1. The summed E-state index contributed by atoms with van der Waals surface area (Å²) in [6.45, 7) is 4.78. The van der Waals surface area contributed by atoms with E-state index < -0.39 is 23.9 Å². The van der Waals surface area contributed by atoms with Gasteiger partial charge in [0.2, 0.25) is 17.5 Å². The number of nitrogens with one attached hydrogen (secondary N) is 2. The van der Waals surface area contributed by atoms with E-state index in [1.807, 2.05) is 75.4 Å². The van der Waals surface area contributed by atoms with E-state index in [0.29, 0.717) is 11.1 Å². The number of nitrogens with zero attached hydrogens (tertiary/aromatic N) is 2. The van der Waals surface area contributed by atoms with Gasteiger partial charge in [-0.05, 0) is 51.2 Å². The molecule has 4 aromatic rings. The number of fused-ring (bicyclic) bond motifs is 1. The fraction of sp³-hybridized carbons (Fsp3) is 0.387. The molecule has 2 aromatic carbocycles. The van der Waals surface area contributed by atoms with Crippen molar-refractivity contribution in [2.24, 2.45) is 0 Å². The van der Waals surface area contributed by atoms with Crippen molar-refractivity contribution >= 4 is 23.1 Å². The van der Waals surface area contributed by atoms with Crippen LogP contribution in [0.2, 0.25) is 0 Å². The van der Waals surface area contributed by atoms with Crippen molar-refractivity contribution in [3.8, 4) is 28.3 Å². The van der Waals surface area contributed by atoms with Gasteiger partial charge in [-0.2, -0.15) is 9.97 Å². The highest BCUT2D eigenvalue weighted by Gasteiger charge is 2.41. The van der Waals surface area contributed by atoms with E-state index in [2.05, 4.69) is 20.6 Å². The molecule has 0 unspecified atom stereocenters. The van der Waals surface area contributed by atoms with Gasteiger partial charge in [0.05, 0.1) is 12.1 Å². The van der Waals surface area contributed by atoms with E-state index in [4.69, 9.17) is 13.9 Å². The Kier molecular flexibility index (Phi) is 8.12. The summed E-state index contributed by atoms with van der Waals surface area (Å²) >= 11 is 0. The number of alkyl halides is 1. The molecule has 1 fully saturated rings. The molecule has 0 saturated heterocycles. The van der Waals surface area contributed by atoms with Crippen LogP contribution in [0.15, 0.2) is 59.0 Å². The standard InChI is InChI=1S/C31H35FN4O5/c1-30(2,3)41-29(38)36-31(14-7-15-31)22-12-10-21(11-13-22)25-23(20-8-5-4-6-9-20)24-26(39-19-16-32)34-28(33-17-18-37)35-27(24)40-25/h4-6,8-13,37H,7,14-19H2,1-3H3,(H,36,38)(H,33,34,35). The van der Waals surface area contributed by atoms with E-state index >= 15 is 0 Å². The summed E-state index contributed by atoms with van der Waals surface area (Å²) in [7, 11) is 0. The number of anilines is 1. The Morgan fingerprint density at radius 1 is 1.07 bits per heavy atom. The Hall–Kier alpha value is -4.18. The fourth-order valence-electron chi connectivity index (χ4n) is 5.00. The van der Waals surface area contributed by atoms with Crippen LogP contribution >= 0.6 is 0 Å². The van der Waals surface area contributed by atoms with Crippen molar-refractivity contribution in [3.63, 3.8) is 0 Å². The number of aromatic nitrogens is 2. The topological polar surface area (TPSA) is 119 Å². The lowest BCUT2D eigenvalue weighted by atomic mass is 9.71. The zero-order valence-corrected chi connectivity index (χ0v) is 23.5. The Labute approximate surface area is 238 Å². The van der Waals surface area contributed by atoms with Crippen LogP contribution in [0.5, 0.6) is 5.88 Å². The number of halogens is 1. The Morgan fingerprint density at radius 3 is 2.41 bits per heavy atom. The van der Waals surface area contributed by atoms with Gasteiger partial charge in [-0.3, -0.25) is 0 Å². The summed E-state index contributed by atoms with van der Waals surface area (Å²) in [5.41, 5.74) is 2.56. The molecule has 5 rings (SSSR count). The lowest BCUT2D eigenvalue weighted by molar-refractivity contribution is 0.0377. The highest BCUT2D eigenvalue weighted by Crippen LogP contribution is 2.46. The second kappa shape index (κ2) is 11.7. The SMILES string of the molecule is CC(C)(C)OC(=O)NC1(c2ccc(-c3oc4nc(NCCO)nc(OCCF)c4c3-c3ccccc3)cc2)CCC1. The quantitative estimate of drug-likeness (QED) is 0.209. The summed E-state index contributed by atoms with van der Waals surface area (Å²) in [4.78, 5) is 21.6. The maximum absolute atomic E-state index is 13.1. The van der Waals surface area contributed by atoms with Gasteiger partial charge in [0.15, 0.2) is 0 Å². The van der Waals surface area contributed by atoms with Gasteiger partial charge >= 0.3 is 6.09 Å². The zero-order valence-electron chi connectivity index (χ0n) is 23.5. The predicted molar refractivity (Wildman–Crippen MR) is 155 cm³/mol. The van der Waals surface area contributed by atoms with Crippen LogP contribution in [0.3, 0.4) is 0 Å². The number of ether oxygens (including phenoxy) is 2. The first-order valence-corrected chi connectivity index (χ1v) is 13.8. The molecule has 3 N–H and O–H groups in total. The molecule has 0 radical (unpaired) electrons. The Morgan fingerprint density at radius 2 is 1.80 bits per heavy atom. The minimum absolute atomic E-state index is 0.114. The van der Waals surface area contributed by atoms with Crippen LogP contribution < -0.4 is 15.4 Å². The fourth-order valence-corrected chi connectivity index (χ4v) is 5.00. The summed E-state index contributed by atoms with van der Waals surface area (Å²) in [5.74, 6) is 0.948. The van der Waals surface area contributed by atoms with E-state index in [1.54, 1.807) is 0 Å². The molecule has 1 saturated carbocycles. The van der Waals surface area contributed by atoms with Gasteiger partial charge in [0.25, 0.3) is 0 Å². The number of alkyl carbamates (subject to hydrolysis) is 1. The Bertz CT molecular complexity index is 1500. The molecular formula is C31H35FN4O5. The van der Waals surface area contributed by atoms with Crippen LogP contribution in [0.1, 0.15) is 45.6 Å². The van der Waals surface area contributed by atoms with Crippen LogP contribution in [0.25, 0.3) is 33.6 Å². The van der Waals surface area contributed by atoms with Crippen LogP contribution in [-0.4, -0.2) is 53.2 Å². The van der Waals surface area contributed by atoms with Crippen LogP contribution in [0, 0.1) is 0 Å². The lowest BCUT2D eigenvalue weighted by Crippen LogP contribution is -2.52. The monoisotopic (exact) mass is 562 g/mol. The number of hydrogen-bond acceptors (Lipinski definition) is 8. The van der Waals surface area contributed by atoms with Gasteiger partial charge in [-0.25, -0.2) is 9.18 Å². The number of rotatable bonds is 10. The van der Waals surface area contributed by atoms with Crippen molar-refractivity contribution in [2.45, 2.75) is 51.2 Å². The molecule has 41 heavy (non-hydrogen) atoms. The van der Waals surface area contributed by atoms with Gasteiger partial charge < -0.3 is 29.6 Å². The molecule has 1 aliphatic carbocycles. The molecular weight excluding hydrogens is 527 g/mol. The third-order valence-electron chi connectivity index (χ3n) is 6.94. The maximum atomic E-state index is 13.1. The van der Waals surface area contributed by atoms with Crippen molar-refractivity contribution in [3.05, 3.63) is 60.2 Å². The number of carbonyl (C=O) groups is 1. The molecule has 10 heteroatoms. The summed E-state index contributed by atoms with van der Waals surface area (Å²) in [6, 6.07) is 17.6. The highest BCUT2D eigenvalue weighted by atomic mass is 19.1. The zero-order chi connectivity index (χ0) is 29.0. The van der Waals surface area contributed by atoms with E-state index in [1.165, 1.54) is 0 Å². The molecule has 0 atom stereocenters. The normalized spacial score (nSPS) is 14.4. The van der Waals surface area contributed by atoms with Gasteiger partial charge in [0.1, 0.15) is 30.0 Å². The third kappa shape index (κ3) is 6.12. The largest absolute Gasteiger partial charge is 0.474 e. The molecule has 2 aromatic heterocycles. The second-order valence-corrected chi connectivity index (χ2v) is 11.0. The molecule has 0 aliphatic heterocycles. The molecule has 9 nitrogen and oxygen atoms in total. The third-order valence-corrected chi connectivity index (χ3v) is 6.94. The number of benzene rings is 2. The number of aliphatic hydroxyl groups is 1. The first-order valence-electron chi connectivity index (χ1n) is 13.8. The average Bonchev–Trinajstić information content (AvgIpc) is 3.32. The molecule has 0 bridgehead atoms. The van der Waals surface area contributed by atoms with E-state index in [9.17, 15) is 14.3 Å². The molecule has 0 spiro atoms. The summed E-state index contributed by atoms with van der Waals surface area (Å²) in [5, 5.41) is 15.8. The van der Waals surface area contributed by atoms with Crippen molar-refractivity contribution in [1.82, 2.24) is 15.3 Å². The van der Waals surface area contributed by atoms with Gasteiger partial charge in [0, 0.05) is 17.7 Å². The van der Waals surface area contributed by atoms with Gasteiger partial charge in [-0.1, -0.05) is 54.6 Å². The summed E-state index contributed by atoms with van der Waals surface area (Å²) < 4.78 is 30.7. The number of aliphatic hydroxyl groups excluding tert-OH is 1. The molecule has 1 amide bonds. The van der Waals surface area contributed by atoms with Crippen LogP contribution in [-0.2, 0) is 10.3 Å². The number of hydrogen-bond donors (Lipinski definition) is 3. The van der Waals surface area contributed by atoms with Crippen molar-refractivity contribution in [2.75, 3.05) is 31.7 Å². The minimum atomic E-state index is -0.684. The van der Waals surface area contributed by atoms with Gasteiger partial charge in [-0.15, -0.1) is 0 Å². The first-order chi connectivity index (χ1) is 19.7. The number of amides is 1. The maximum Gasteiger partial charge on any atom is 0.408 e. The van der Waals surface area contributed by atoms with E-state index in [-0.39, 0.29) is 37.3 Å². The van der Waals surface area contributed by atoms with Crippen molar-refractivity contribution in [1.29, 1.82) is 0 Å². The number of furan rings is 1. The Balaban J connectivity index is 1.57. The smallest absolute Gasteiger partial charge is 0.408 e. The molecule has 1 aliphatic rings. The summed E-state index contributed by atoms with van der Waals surface area (Å²) in [6.07, 6.45) is 2.21. The van der Waals surface area contributed by atoms with Crippen molar-refractivity contribution < 1.29 is 28.2 Å². The average molecular weight is 563 g/mol. The highest BCUT2D eigenvalue weighted by molar-refractivity contribution is 6.03. The van der Waals surface area contributed by atoms with Crippen LogP contribution in [0.4, 0.5) is 15.1 Å². The van der Waals surface area contributed by atoms with E-state index in [0.717, 1.165) is 41.5 Å². The lowest BCUT2D eigenvalue weighted by Gasteiger charge is -2.43.